The molecule has 10 heterocycles. The molecule has 1 aliphatic carbocycles. The summed E-state index contributed by atoms with van der Waals surface area (Å²) in [5.74, 6) is -3.30. The molecule has 12 rings (SSSR count). The highest BCUT2D eigenvalue weighted by Crippen LogP contribution is 2.58. The summed E-state index contributed by atoms with van der Waals surface area (Å²) >= 11 is 0. The van der Waals surface area contributed by atoms with Crippen LogP contribution in [-0.2, 0) is 87.5 Å². The number of nitrogens with two attached hydrogens (primary N) is 1. The van der Waals surface area contributed by atoms with Gasteiger partial charge in [0.1, 0.15) is 30.6 Å². The minimum Gasteiger partial charge on any atom is -0.445 e. The van der Waals surface area contributed by atoms with E-state index in [1.54, 1.807) is 45.2 Å². The zero-order valence-electron chi connectivity index (χ0n) is 56.9. The summed E-state index contributed by atoms with van der Waals surface area (Å²) in [5.41, 5.74) is 8.26. The summed E-state index contributed by atoms with van der Waals surface area (Å²) in [7, 11) is 1.59. The number of imide groups is 1. The minimum atomic E-state index is -1.10. The Kier molecular flexibility index (Phi) is 24.6. The van der Waals surface area contributed by atoms with Crippen LogP contribution in [0.15, 0.2) is 60.7 Å². The number of nitrogens with one attached hydrogen (secondary N) is 5. The number of primary amides is 1. The van der Waals surface area contributed by atoms with E-state index < -0.39 is 89.9 Å². The average Bonchev–Trinajstić information content (AvgIpc) is 1.55. The number of carbonyl (C=O) groups excluding carboxylic acids is 8. The highest BCUT2D eigenvalue weighted by Gasteiger charge is 2.68. The summed E-state index contributed by atoms with van der Waals surface area (Å²) in [5, 5.41) is 25.0. The maximum atomic E-state index is 14.6. The van der Waals surface area contributed by atoms with Gasteiger partial charge in [-0.05, 0) is 111 Å². The Hall–Kier alpha value is -6.24. The number of amides is 8. The predicted octanol–water partition coefficient (Wildman–Crippen LogP) is 4.64. The molecule has 10 fully saturated rings. The van der Waals surface area contributed by atoms with Gasteiger partial charge in [-0.15, -0.1) is 0 Å². The lowest BCUT2D eigenvalue weighted by molar-refractivity contribution is -0.281. The SMILES string of the molecule is C=C1C[C@@H]2CC[C@@]34C[C@H]5OC6[C@@H](C[C@H]7CC[C@H](CC(=O)C[C@@H]8[C@@H](OC)[C@@H](C[C@H](O)CNC(=O)OCc9ccc(NC(=O)[C@H](CCCNC(N)=O)NC(=O)[C@@H](NC(=O)CCOCCOCCN%10C(=O)C=CC%10=O)C(C)C)cc9)O[C@H]8C[C@H]8O[C@@H](CC[C@@H]1O2)C[C@@H](C)C8=C)O[C@@H]7[C@@H]6O3)C5O4. The standard InChI is InChI=1S/C71H101N7O20/c1-38(2)61(77-58(81)20-24-89-26-27-90-25-23-78-59(82)17-18-60(78)83)68(85)76-52(8-7-22-73-69(72)86)67(84)75-44-12-9-42(10-13-44)37-91-70(87)74-36-46(80)33-56-63(88-6)50-32-45(79)31-48-14-11-43-30-51-64-57-35-71(97-64,98-66(62(43)94-48)65(51)96-57)21-19-49-29-40(4)53(92-49)16-15-47-28-39(3)41(5)54(93-47)34-55(50)95-56/h9-10,12-13,17-18,38-39,43,46-57,61-66,80H,4-5,7-8,11,14-16,19-37H2,1-3,6H3,(H,74,87)(H,75,84)(H,76,85)(H,77,81)(H3,72,73,86)/t39-,43-,46+,47+,48-,49+,50+,51+,52+,53+,54-,55+,56-,57-,61+,62+,63-,64?,65?,66+,71+/m1/s1. The Balaban J connectivity index is 0.658. The van der Waals surface area contributed by atoms with Crippen LogP contribution in [0.1, 0.15) is 135 Å². The van der Waals surface area contributed by atoms with Crippen molar-refractivity contribution in [2.24, 2.45) is 35.3 Å². The number of aliphatic hydroxyl groups excluding tert-OH is 1. The van der Waals surface area contributed by atoms with Gasteiger partial charge < -0.3 is 89.5 Å². The fourth-order valence-corrected chi connectivity index (χ4v) is 16.4. The van der Waals surface area contributed by atoms with E-state index in [2.05, 4.69) is 46.7 Å². The zero-order chi connectivity index (χ0) is 69.4. The van der Waals surface area contributed by atoms with E-state index in [1.165, 1.54) is 12.2 Å². The van der Waals surface area contributed by atoms with Gasteiger partial charge in [-0.3, -0.25) is 33.7 Å². The van der Waals surface area contributed by atoms with Crippen molar-refractivity contribution in [1.82, 2.24) is 26.2 Å². The Morgan fingerprint density at radius 2 is 1.49 bits per heavy atom. The number of carbonyl (C=O) groups is 8. The number of alkyl carbamates (subject to hydrolysis) is 1. The third-order valence-corrected chi connectivity index (χ3v) is 21.5. The van der Waals surface area contributed by atoms with E-state index in [9.17, 15) is 43.5 Å². The molecule has 0 aromatic heterocycles. The Bertz CT molecular complexity index is 3060. The number of ether oxygens (including phenoxy) is 11. The molecule has 21 atom stereocenters. The molecule has 12 bridgehead atoms. The van der Waals surface area contributed by atoms with Gasteiger partial charge in [-0.2, -0.15) is 0 Å². The van der Waals surface area contributed by atoms with E-state index in [0.29, 0.717) is 30.5 Å². The molecular formula is C71H101N7O20. The van der Waals surface area contributed by atoms with Gasteiger partial charge in [0.05, 0.1) is 112 Å². The number of anilines is 1. The number of rotatable bonds is 26. The molecule has 540 valence electrons. The van der Waals surface area contributed by atoms with Crippen molar-refractivity contribution >= 4 is 53.1 Å². The van der Waals surface area contributed by atoms with Crippen LogP contribution in [-0.4, -0.2) is 214 Å². The van der Waals surface area contributed by atoms with E-state index in [4.69, 9.17) is 57.8 Å². The number of nitrogens with zero attached hydrogens (tertiary/aromatic N) is 1. The van der Waals surface area contributed by atoms with E-state index in [-0.39, 0.29) is 182 Å². The monoisotopic (exact) mass is 1370 g/mol. The summed E-state index contributed by atoms with van der Waals surface area (Å²) in [6.45, 7) is 15.0. The molecule has 0 radical (unpaired) electrons. The van der Waals surface area contributed by atoms with Crippen molar-refractivity contribution < 1.29 is 95.6 Å². The molecular weight excluding hydrogens is 1270 g/mol. The third kappa shape index (κ3) is 18.1. The van der Waals surface area contributed by atoms with Gasteiger partial charge in [-0.25, -0.2) is 9.59 Å². The average molecular weight is 1370 g/mol. The third-order valence-electron chi connectivity index (χ3n) is 21.5. The Labute approximate surface area is 572 Å². The van der Waals surface area contributed by atoms with Crippen molar-refractivity contribution in [3.8, 4) is 0 Å². The van der Waals surface area contributed by atoms with Gasteiger partial charge in [-0.1, -0.05) is 46.1 Å². The fourth-order valence-electron chi connectivity index (χ4n) is 16.4. The molecule has 1 aromatic carbocycles. The first-order valence-electron chi connectivity index (χ1n) is 35.4. The number of benzene rings is 1. The van der Waals surface area contributed by atoms with Crippen molar-refractivity contribution in [3.05, 3.63) is 66.3 Å². The van der Waals surface area contributed by atoms with Gasteiger partial charge in [0.2, 0.25) is 17.7 Å². The van der Waals surface area contributed by atoms with Gasteiger partial charge >= 0.3 is 12.1 Å². The van der Waals surface area contributed by atoms with Gasteiger partial charge in [0, 0.05) is 94.8 Å². The number of hydrogen-bond acceptors (Lipinski definition) is 20. The molecule has 27 nitrogen and oxygen atoms in total. The van der Waals surface area contributed by atoms with Crippen LogP contribution in [0, 0.1) is 29.6 Å². The number of urea groups is 1. The lowest BCUT2D eigenvalue weighted by Gasteiger charge is -2.47. The van der Waals surface area contributed by atoms with Crippen molar-refractivity contribution in [1.29, 1.82) is 0 Å². The number of methoxy groups -OCH3 is 1. The van der Waals surface area contributed by atoms with Crippen molar-refractivity contribution in [3.63, 3.8) is 0 Å². The molecule has 2 unspecified atom stereocenters. The molecule has 9 saturated heterocycles. The van der Waals surface area contributed by atoms with Crippen LogP contribution >= 0.6 is 0 Å². The number of ketones is 1. The highest BCUT2D eigenvalue weighted by molar-refractivity contribution is 6.12. The number of hydrogen-bond donors (Lipinski definition) is 7. The minimum absolute atomic E-state index is 0.00308. The summed E-state index contributed by atoms with van der Waals surface area (Å²) in [6.07, 6.45) is 6.38. The van der Waals surface area contributed by atoms with Crippen LogP contribution in [0.25, 0.3) is 0 Å². The lowest BCUT2D eigenvalue weighted by atomic mass is 9.70. The first kappa shape index (κ1) is 73.0. The zero-order valence-corrected chi connectivity index (χ0v) is 56.9. The smallest absolute Gasteiger partial charge is 0.407 e. The molecule has 27 heteroatoms. The predicted molar refractivity (Wildman–Crippen MR) is 351 cm³/mol. The maximum absolute atomic E-state index is 14.6. The second kappa shape index (κ2) is 33.0. The first-order chi connectivity index (χ1) is 47.1. The molecule has 10 aliphatic heterocycles. The molecule has 98 heavy (non-hydrogen) atoms. The van der Waals surface area contributed by atoms with Crippen molar-refractivity contribution in [2.75, 3.05) is 58.5 Å². The van der Waals surface area contributed by atoms with Crippen LogP contribution in [0.2, 0.25) is 0 Å². The molecule has 1 spiro atoms. The quantitative estimate of drug-likeness (QED) is 0.0377. The largest absolute Gasteiger partial charge is 0.445 e. The summed E-state index contributed by atoms with van der Waals surface area (Å²) in [6, 6.07) is 3.62. The molecule has 1 aromatic rings. The van der Waals surface area contributed by atoms with Gasteiger partial charge in [0.25, 0.3) is 11.8 Å². The van der Waals surface area contributed by atoms with Crippen LogP contribution in [0.3, 0.4) is 0 Å². The van der Waals surface area contributed by atoms with E-state index >= 15 is 0 Å². The molecule has 8 amide bonds. The summed E-state index contributed by atoms with van der Waals surface area (Å²) in [4.78, 5) is 104. The summed E-state index contributed by atoms with van der Waals surface area (Å²) < 4.78 is 71.1. The van der Waals surface area contributed by atoms with E-state index in [1.807, 2.05) is 0 Å². The number of aliphatic hydroxyl groups is 1. The molecule has 8 N–H and O–H groups in total. The Morgan fingerprint density at radius 1 is 0.755 bits per heavy atom. The van der Waals surface area contributed by atoms with E-state index in [0.717, 1.165) is 67.4 Å². The number of fused-ring (bicyclic) bond motifs is 6. The van der Waals surface area contributed by atoms with Crippen LogP contribution in [0.4, 0.5) is 15.3 Å². The first-order valence-corrected chi connectivity index (χ1v) is 35.4. The normalized spacial score (nSPS) is 34.4. The van der Waals surface area contributed by atoms with Crippen molar-refractivity contribution in [2.45, 2.75) is 240 Å². The Morgan fingerprint density at radius 3 is 2.24 bits per heavy atom. The lowest BCUT2D eigenvalue weighted by Crippen LogP contribution is -2.56. The van der Waals surface area contributed by atoms with Crippen LogP contribution in [0.5, 0.6) is 0 Å². The second-order valence-electron chi connectivity index (χ2n) is 28.8. The molecule has 1 saturated carbocycles. The molecule has 11 aliphatic rings. The number of Topliss-reactive ketones (excluding diaryl/α,β-unsaturated/α-hetero) is 1. The van der Waals surface area contributed by atoms with Gasteiger partial charge in [0.15, 0.2) is 5.79 Å². The van der Waals surface area contributed by atoms with Crippen LogP contribution < -0.4 is 32.3 Å². The second-order valence-corrected chi connectivity index (χ2v) is 28.8. The highest BCUT2D eigenvalue weighted by atomic mass is 16.8. The topological polar surface area (TPSA) is 348 Å². The maximum Gasteiger partial charge on any atom is 0.407 e. The fraction of sp³-hybridized carbons (Fsp3) is 0.718.